The third-order valence-electron chi connectivity index (χ3n) is 4.01. The summed E-state index contributed by atoms with van der Waals surface area (Å²) in [5, 5.41) is 0. The van der Waals surface area contributed by atoms with Gasteiger partial charge >= 0.3 is 0 Å². The molecule has 4 nitrogen and oxygen atoms in total. The van der Waals surface area contributed by atoms with Crippen molar-refractivity contribution >= 4 is 12.0 Å². The van der Waals surface area contributed by atoms with Gasteiger partial charge in [0.05, 0.1) is 12.0 Å². The first-order valence-corrected chi connectivity index (χ1v) is 7.27. The summed E-state index contributed by atoms with van der Waals surface area (Å²) in [7, 11) is 0. The second-order valence-corrected chi connectivity index (χ2v) is 5.39. The molecule has 0 saturated carbocycles. The van der Waals surface area contributed by atoms with Crippen LogP contribution in [0.1, 0.15) is 33.9 Å². The Kier molecular flexibility index (Phi) is 3.19. The minimum absolute atomic E-state index is 0.124. The van der Waals surface area contributed by atoms with Gasteiger partial charge in [-0.15, -0.1) is 0 Å². The number of halogens is 1. The van der Waals surface area contributed by atoms with Crippen molar-refractivity contribution < 1.29 is 13.6 Å². The average molecular weight is 308 g/mol. The molecule has 0 spiro atoms. The SMILES string of the molecule is O=C(c1ccc(F)cc1)[C@@H]1[C@@H](c2ccco2)N=Cc2cccn21. The zero-order valence-electron chi connectivity index (χ0n) is 12.1. The smallest absolute Gasteiger partial charge is 0.188 e. The predicted octanol–water partition coefficient (Wildman–Crippen LogP) is 3.82. The lowest BCUT2D eigenvalue weighted by Gasteiger charge is -2.27. The van der Waals surface area contributed by atoms with E-state index in [0.717, 1.165) is 5.69 Å². The highest BCUT2D eigenvalue weighted by atomic mass is 19.1. The number of Topliss-reactive ketones (excluding diaryl/α,β-unsaturated/α-hetero) is 1. The lowest BCUT2D eigenvalue weighted by Crippen LogP contribution is -2.29. The van der Waals surface area contributed by atoms with E-state index in [2.05, 4.69) is 4.99 Å². The number of aromatic nitrogens is 1. The molecule has 4 rings (SSSR count). The van der Waals surface area contributed by atoms with E-state index in [-0.39, 0.29) is 11.6 Å². The topological polar surface area (TPSA) is 47.5 Å². The summed E-state index contributed by atoms with van der Waals surface area (Å²) in [6, 6.07) is 11.9. The van der Waals surface area contributed by atoms with Gasteiger partial charge in [-0.05, 0) is 48.5 Å². The number of aliphatic imine (C=N–C) groups is 1. The van der Waals surface area contributed by atoms with Crippen molar-refractivity contribution in [3.8, 4) is 0 Å². The highest BCUT2D eigenvalue weighted by molar-refractivity contribution is 6.00. The number of benzene rings is 1. The van der Waals surface area contributed by atoms with Gasteiger partial charge in [0, 0.05) is 18.0 Å². The van der Waals surface area contributed by atoms with Gasteiger partial charge in [0.2, 0.25) is 0 Å². The summed E-state index contributed by atoms with van der Waals surface area (Å²) in [5.41, 5.74) is 1.30. The van der Waals surface area contributed by atoms with E-state index >= 15 is 0 Å². The van der Waals surface area contributed by atoms with Gasteiger partial charge in [-0.3, -0.25) is 9.79 Å². The summed E-state index contributed by atoms with van der Waals surface area (Å²) in [4.78, 5) is 17.5. The molecule has 1 aliphatic heterocycles. The molecule has 114 valence electrons. The molecule has 0 amide bonds. The number of hydrogen-bond acceptors (Lipinski definition) is 3. The fourth-order valence-corrected chi connectivity index (χ4v) is 2.90. The number of carbonyl (C=O) groups is 1. The molecule has 2 atom stereocenters. The zero-order valence-corrected chi connectivity index (χ0v) is 12.1. The van der Waals surface area contributed by atoms with Crippen molar-refractivity contribution in [1.82, 2.24) is 4.57 Å². The number of rotatable bonds is 3. The van der Waals surface area contributed by atoms with E-state index in [1.807, 2.05) is 22.9 Å². The van der Waals surface area contributed by atoms with Gasteiger partial charge in [0.15, 0.2) is 5.78 Å². The van der Waals surface area contributed by atoms with Gasteiger partial charge in [-0.25, -0.2) is 4.39 Å². The van der Waals surface area contributed by atoms with Crippen LogP contribution in [0.2, 0.25) is 0 Å². The van der Waals surface area contributed by atoms with Crippen LogP contribution in [0.15, 0.2) is 70.4 Å². The monoisotopic (exact) mass is 308 g/mol. The minimum Gasteiger partial charge on any atom is -0.467 e. The molecule has 5 heteroatoms. The van der Waals surface area contributed by atoms with Gasteiger partial charge in [0.25, 0.3) is 0 Å². The molecule has 23 heavy (non-hydrogen) atoms. The van der Waals surface area contributed by atoms with Crippen LogP contribution in [-0.2, 0) is 0 Å². The van der Waals surface area contributed by atoms with Gasteiger partial charge in [-0.2, -0.15) is 0 Å². The van der Waals surface area contributed by atoms with Crippen molar-refractivity contribution in [1.29, 1.82) is 0 Å². The first-order chi connectivity index (χ1) is 11.2. The molecule has 0 radical (unpaired) electrons. The average Bonchev–Trinajstić information content (AvgIpc) is 3.25. The highest BCUT2D eigenvalue weighted by Crippen LogP contribution is 2.36. The second kappa shape index (κ2) is 5.35. The lowest BCUT2D eigenvalue weighted by atomic mass is 9.95. The van der Waals surface area contributed by atoms with Crippen LogP contribution in [0, 0.1) is 5.82 Å². The van der Waals surface area contributed by atoms with E-state index in [0.29, 0.717) is 11.3 Å². The van der Waals surface area contributed by atoms with E-state index in [1.54, 1.807) is 24.6 Å². The second-order valence-electron chi connectivity index (χ2n) is 5.39. The van der Waals surface area contributed by atoms with Crippen LogP contribution in [0.25, 0.3) is 0 Å². The quantitative estimate of drug-likeness (QED) is 0.691. The van der Waals surface area contributed by atoms with Crippen LogP contribution in [0.5, 0.6) is 0 Å². The van der Waals surface area contributed by atoms with E-state index in [1.165, 1.54) is 24.3 Å². The zero-order chi connectivity index (χ0) is 15.8. The highest BCUT2D eigenvalue weighted by Gasteiger charge is 2.35. The maximum absolute atomic E-state index is 13.1. The number of ketones is 1. The van der Waals surface area contributed by atoms with E-state index < -0.39 is 12.1 Å². The Bertz CT molecular complexity index is 863. The number of furan rings is 1. The molecule has 2 aromatic heterocycles. The largest absolute Gasteiger partial charge is 0.467 e. The molecule has 3 aromatic rings. The lowest BCUT2D eigenvalue weighted by molar-refractivity contribution is 0.0899. The Morgan fingerprint density at radius 2 is 1.96 bits per heavy atom. The fourth-order valence-electron chi connectivity index (χ4n) is 2.90. The van der Waals surface area contributed by atoms with Gasteiger partial charge in [-0.1, -0.05) is 0 Å². The Labute approximate surface area is 131 Å². The summed E-state index contributed by atoms with van der Waals surface area (Å²) in [6.45, 7) is 0. The Hall–Kier alpha value is -2.95. The first kappa shape index (κ1) is 13.7. The molecular weight excluding hydrogens is 295 g/mol. The predicted molar refractivity (Wildman–Crippen MR) is 83.2 cm³/mol. The van der Waals surface area contributed by atoms with Crippen LogP contribution < -0.4 is 0 Å². The summed E-state index contributed by atoms with van der Waals surface area (Å²) in [6.07, 6.45) is 5.15. The molecular formula is C18H13FN2O2. The maximum atomic E-state index is 13.1. The van der Waals surface area contributed by atoms with E-state index in [4.69, 9.17) is 4.42 Å². The van der Waals surface area contributed by atoms with E-state index in [9.17, 15) is 9.18 Å². The molecule has 0 unspecified atom stereocenters. The molecule has 0 N–H and O–H groups in total. The number of carbonyl (C=O) groups excluding carboxylic acids is 1. The van der Waals surface area contributed by atoms with Crippen LogP contribution in [0.4, 0.5) is 4.39 Å². The molecule has 0 saturated heterocycles. The Balaban J connectivity index is 1.80. The fraction of sp³-hybridized carbons (Fsp3) is 0.111. The molecule has 0 fully saturated rings. The standard InChI is InChI=1S/C18H13FN2O2/c19-13-7-5-12(6-8-13)18(22)17-16(15-4-2-10-23-15)20-11-14-3-1-9-21(14)17/h1-11,16-17H/t16-,17+/m1/s1. The number of fused-ring (bicyclic) bond motifs is 1. The Morgan fingerprint density at radius 1 is 1.13 bits per heavy atom. The summed E-state index contributed by atoms with van der Waals surface area (Å²) in [5.74, 6) is 0.134. The summed E-state index contributed by atoms with van der Waals surface area (Å²) >= 11 is 0. The maximum Gasteiger partial charge on any atom is 0.188 e. The molecule has 3 heterocycles. The minimum atomic E-state index is -0.554. The molecule has 0 aliphatic carbocycles. The van der Waals surface area contributed by atoms with Crippen molar-refractivity contribution in [2.45, 2.75) is 12.1 Å². The van der Waals surface area contributed by atoms with Crippen molar-refractivity contribution in [3.63, 3.8) is 0 Å². The van der Waals surface area contributed by atoms with Gasteiger partial charge in [0.1, 0.15) is 23.7 Å². The van der Waals surface area contributed by atoms with Crippen LogP contribution in [0.3, 0.4) is 0 Å². The van der Waals surface area contributed by atoms with Crippen molar-refractivity contribution in [2.24, 2.45) is 4.99 Å². The molecule has 1 aliphatic rings. The normalized spacial score (nSPS) is 19.5. The van der Waals surface area contributed by atoms with Crippen LogP contribution in [-0.4, -0.2) is 16.6 Å². The third-order valence-corrected chi connectivity index (χ3v) is 4.01. The molecule has 1 aromatic carbocycles. The first-order valence-electron chi connectivity index (χ1n) is 7.27. The van der Waals surface area contributed by atoms with Crippen LogP contribution >= 0.6 is 0 Å². The van der Waals surface area contributed by atoms with Crippen molar-refractivity contribution in [2.75, 3.05) is 0 Å². The number of hydrogen-bond donors (Lipinski definition) is 0. The van der Waals surface area contributed by atoms with Crippen molar-refractivity contribution in [3.05, 3.63) is 83.8 Å². The summed E-state index contributed by atoms with van der Waals surface area (Å²) < 4.78 is 20.5. The number of nitrogens with zero attached hydrogens (tertiary/aromatic N) is 2. The van der Waals surface area contributed by atoms with Gasteiger partial charge < -0.3 is 8.98 Å². The third kappa shape index (κ3) is 2.30. The molecule has 0 bridgehead atoms. The Morgan fingerprint density at radius 3 is 2.70 bits per heavy atom.